The summed E-state index contributed by atoms with van der Waals surface area (Å²) < 4.78 is 5.34. The molecule has 3 nitrogen and oxygen atoms in total. The fourth-order valence-corrected chi connectivity index (χ4v) is 3.45. The van der Waals surface area contributed by atoms with Gasteiger partial charge in [-0.15, -0.1) is 0 Å². The minimum atomic E-state index is 0.445. The second-order valence-electron chi connectivity index (χ2n) is 5.83. The number of nitrogens with zero attached hydrogens (tertiary/aromatic N) is 1. The molecule has 0 heterocycles. The number of rotatable bonds is 4. The van der Waals surface area contributed by atoms with Gasteiger partial charge in [-0.3, -0.25) is 4.90 Å². The number of fused-ring (bicyclic) bond motifs is 1. The fraction of sp³-hybridized carbons (Fsp3) is 0.625. The molecular weight excluding hydrogens is 236 g/mol. The molecule has 3 heteroatoms. The van der Waals surface area contributed by atoms with Crippen molar-refractivity contribution in [3.8, 4) is 5.75 Å². The van der Waals surface area contributed by atoms with Crippen LogP contribution in [-0.2, 0) is 6.42 Å². The summed E-state index contributed by atoms with van der Waals surface area (Å²) in [6.07, 6.45) is 5.14. The normalized spacial score (nSPS) is 26.3. The molecule has 0 amide bonds. The molecule has 0 spiro atoms. The molecule has 1 N–H and O–H groups in total. The van der Waals surface area contributed by atoms with Crippen LogP contribution < -0.4 is 10.1 Å². The first-order chi connectivity index (χ1) is 9.24. The lowest BCUT2D eigenvalue weighted by atomic mass is 9.83. The number of nitrogens with one attached hydrogen (secondary N) is 1. The smallest absolute Gasteiger partial charge is 0.119 e. The lowest BCUT2D eigenvalue weighted by Gasteiger charge is -2.39. The van der Waals surface area contributed by atoms with Crippen LogP contribution in [0.1, 0.15) is 36.4 Å². The number of hydrogen-bond donors (Lipinski definition) is 1. The van der Waals surface area contributed by atoms with E-state index in [1.54, 1.807) is 7.11 Å². The van der Waals surface area contributed by atoms with E-state index in [4.69, 9.17) is 4.74 Å². The molecule has 2 atom stereocenters. The highest BCUT2D eigenvalue weighted by molar-refractivity contribution is 5.40. The Morgan fingerprint density at radius 3 is 2.68 bits per heavy atom. The topological polar surface area (TPSA) is 24.5 Å². The van der Waals surface area contributed by atoms with Crippen molar-refractivity contribution in [3.05, 3.63) is 29.3 Å². The maximum atomic E-state index is 5.34. The number of likely N-dealkylation sites (N-methyl/N-ethyl adjacent to an activating group) is 2. The molecule has 1 fully saturated rings. The zero-order chi connectivity index (χ0) is 13.4. The van der Waals surface area contributed by atoms with Crippen LogP contribution in [0.5, 0.6) is 5.75 Å². The third-order valence-electron chi connectivity index (χ3n) is 4.74. The minimum absolute atomic E-state index is 0.445. The molecule has 1 aromatic rings. The predicted octanol–water partition coefficient (Wildman–Crippen LogP) is 2.36. The molecule has 104 valence electrons. The zero-order valence-electron chi connectivity index (χ0n) is 12.1. The highest BCUT2D eigenvalue weighted by atomic mass is 16.5. The van der Waals surface area contributed by atoms with Crippen LogP contribution in [0.4, 0.5) is 0 Å². The van der Waals surface area contributed by atoms with E-state index in [0.717, 1.165) is 18.2 Å². The van der Waals surface area contributed by atoms with E-state index in [1.807, 2.05) is 0 Å². The Balaban J connectivity index is 1.88. The quantitative estimate of drug-likeness (QED) is 0.899. The second-order valence-corrected chi connectivity index (χ2v) is 5.83. The number of aryl methyl sites for hydroxylation is 1. The summed E-state index contributed by atoms with van der Waals surface area (Å²) in [5.41, 5.74) is 2.89. The van der Waals surface area contributed by atoms with Gasteiger partial charge in [0.15, 0.2) is 0 Å². The summed E-state index contributed by atoms with van der Waals surface area (Å²) in [6, 6.07) is 8.41. The van der Waals surface area contributed by atoms with Crippen LogP contribution in [0.3, 0.4) is 0 Å². The lowest BCUT2D eigenvalue weighted by Crippen LogP contribution is -2.45. The van der Waals surface area contributed by atoms with E-state index in [1.165, 1.54) is 30.4 Å². The van der Waals surface area contributed by atoms with Gasteiger partial charge in [0.25, 0.3) is 0 Å². The molecular formula is C16H24N2O. The standard InChI is InChI=1S/C16H24N2O/c1-17-16-14-8-7-13(19-3)10-11(14)4-9-15(16)18(2)12-5-6-12/h7-8,10,12,15-17H,4-6,9H2,1-3H3. The highest BCUT2D eigenvalue weighted by Crippen LogP contribution is 2.38. The van der Waals surface area contributed by atoms with Gasteiger partial charge in [-0.25, -0.2) is 0 Å². The molecule has 0 aliphatic heterocycles. The molecule has 0 radical (unpaired) electrons. The lowest BCUT2D eigenvalue weighted by molar-refractivity contribution is 0.169. The van der Waals surface area contributed by atoms with Crippen LogP contribution >= 0.6 is 0 Å². The summed E-state index contributed by atoms with van der Waals surface area (Å²) in [7, 11) is 6.11. The van der Waals surface area contributed by atoms with Crippen molar-refractivity contribution < 1.29 is 4.74 Å². The van der Waals surface area contributed by atoms with Crippen molar-refractivity contribution in [1.29, 1.82) is 0 Å². The number of benzene rings is 1. The number of ether oxygens (including phenoxy) is 1. The molecule has 2 aliphatic rings. The first kappa shape index (κ1) is 12.9. The van der Waals surface area contributed by atoms with Gasteiger partial charge in [-0.1, -0.05) is 6.07 Å². The van der Waals surface area contributed by atoms with Gasteiger partial charge in [-0.05, 0) is 63.0 Å². The van der Waals surface area contributed by atoms with Crippen LogP contribution in [0.2, 0.25) is 0 Å². The molecule has 0 saturated heterocycles. The van der Waals surface area contributed by atoms with Gasteiger partial charge >= 0.3 is 0 Å². The fourth-order valence-electron chi connectivity index (χ4n) is 3.45. The van der Waals surface area contributed by atoms with E-state index in [0.29, 0.717) is 12.1 Å². The molecule has 2 unspecified atom stereocenters. The first-order valence-corrected chi connectivity index (χ1v) is 7.30. The summed E-state index contributed by atoms with van der Waals surface area (Å²) in [4.78, 5) is 2.59. The molecule has 1 aromatic carbocycles. The third-order valence-corrected chi connectivity index (χ3v) is 4.74. The van der Waals surface area contributed by atoms with Gasteiger partial charge in [-0.2, -0.15) is 0 Å². The molecule has 1 saturated carbocycles. The maximum absolute atomic E-state index is 5.34. The van der Waals surface area contributed by atoms with E-state index in [2.05, 4.69) is 42.5 Å². The van der Waals surface area contributed by atoms with Crippen molar-refractivity contribution in [1.82, 2.24) is 10.2 Å². The summed E-state index contributed by atoms with van der Waals surface area (Å²) in [5.74, 6) is 0.975. The van der Waals surface area contributed by atoms with E-state index >= 15 is 0 Å². The van der Waals surface area contributed by atoms with Crippen molar-refractivity contribution in [2.45, 2.75) is 43.8 Å². The Kier molecular flexibility index (Phi) is 3.50. The molecule has 19 heavy (non-hydrogen) atoms. The van der Waals surface area contributed by atoms with E-state index in [9.17, 15) is 0 Å². The van der Waals surface area contributed by atoms with Crippen molar-refractivity contribution in [2.24, 2.45) is 0 Å². The monoisotopic (exact) mass is 260 g/mol. The van der Waals surface area contributed by atoms with Crippen molar-refractivity contribution in [2.75, 3.05) is 21.2 Å². The Morgan fingerprint density at radius 2 is 2.05 bits per heavy atom. The zero-order valence-corrected chi connectivity index (χ0v) is 12.1. The predicted molar refractivity (Wildman–Crippen MR) is 77.7 cm³/mol. The second kappa shape index (κ2) is 5.14. The molecule has 2 aliphatic carbocycles. The van der Waals surface area contributed by atoms with Gasteiger partial charge < -0.3 is 10.1 Å². The SMILES string of the molecule is CNC1c2ccc(OC)cc2CCC1N(C)C1CC1. The molecule has 3 rings (SSSR count). The van der Waals surface area contributed by atoms with Gasteiger partial charge in [0.05, 0.1) is 7.11 Å². The first-order valence-electron chi connectivity index (χ1n) is 7.30. The average molecular weight is 260 g/mol. The largest absolute Gasteiger partial charge is 0.497 e. The average Bonchev–Trinajstić information content (AvgIpc) is 3.29. The number of methoxy groups -OCH3 is 1. The number of hydrogen-bond acceptors (Lipinski definition) is 3. The Hall–Kier alpha value is -1.06. The Morgan fingerprint density at radius 1 is 1.26 bits per heavy atom. The van der Waals surface area contributed by atoms with Crippen molar-refractivity contribution in [3.63, 3.8) is 0 Å². The Labute approximate surface area is 115 Å². The van der Waals surface area contributed by atoms with E-state index in [-0.39, 0.29) is 0 Å². The van der Waals surface area contributed by atoms with Gasteiger partial charge in [0.1, 0.15) is 5.75 Å². The Bertz CT molecular complexity index is 456. The highest BCUT2D eigenvalue weighted by Gasteiger charge is 2.37. The van der Waals surface area contributed by atoms with Gasteiger partial charge in [0, 0.05) is 18.1 Å². The van der Waals surface area contributed by atoms with Crippen LogP contribution in [0.15, 0.2) is 18.2 Å². The van der Waals surface area contributed by atoms with E-state index < -0.39 is 0 Å². The molecule has 0 bridgehead atoms. The van der Waals surface area contributed by atoms with Crippen LogP contribution in [0.25, 0.3) is 0 Å². The summed E-state index contributed by atoms with van der Waals surface area (Å²) in [6.45, 7) is 0. The minimum Gasteiger partial charge on any atom is -0.497 e. The van der Waals surface area contributed by atoms with Crippen LogP contribution in [0, 0.1) is 0 Å². The van der Waals surface area contributed by atoms with Crippen LogP contribution in [-0.4, -0.2) is 38.2 Å². The molecule has 0 aromatic heterocycles. The third kappa shape index (κ3) is 2.37. The maximum Gasteiger partial charge on any atom is 0.119 e. The van der Waals surface area contributed by atoms with Gasteiger partial charge in [0.2, 0.25) is 0 Å². The summed E-state index contributed by atoms with van der Waals surface area (Å²) in [5, 5.41) is 3.53. The summed E-state index contributed by atoms with van der Waals surface area (Å²) >= 11 is 0. The van der Waals surface area contributed by atoms with Crippen molar-refractivity contribution >= 4 is 0 Å².